The number of benzene rings is 1. The summed E-state index contributed by atoms with van der Waals surface area (Å²) in [5.41, 5.74) is 1.30. The molecule has 0 amide bonds. The Hall–Kier alpha value is -1.59. The fourth-order valence-corrected chi connectivity index (χ4v) is 2.15. The Morgan fingerprint density at radius 1 is 1.40 bits per heavy atom. The first-order chi connectivity index (χ1) is 8.99. The van der Waals surface area contributed by atoms with Crippen molar-refractivity contribution in [2.75, 3.05) is 20.6 Å². The number of hydrogen-bond donors (Lipinski definition) is 0. The minimum atomic E-state index is -0.369. The van der Waals surface area contributed by atoms with E-state index in [0.29, 0.717) is 12.2 Å². The fourth-order valence-electron chi connectivity index (χ4n) is 2.15. The van der Waals surface area contributed by atoms with Crippen molar-refractivity contribution in [2.24, 2.45) is 7.05 Å². The molecule has 0 radical (unpaired) electrons. The maximum Gasteiger partial charge on any atom is 0.359 e. The van der Waals surface area contributed by atoms with Crippen molar-refractivity contribution >= 4 is 29.3 Å². The summed E-state index contributed by atoms with van der Waals surface area (Å²) in [7, 11) is 5.71. The molecule has 0 bridgehead atoms. The number of aromatic nitrogens is 2. The van der Waals surface area contributed by atoms with E-state index in [-0.39, 0.29) is 24.5 Å². The Morgan fingerprint density at radius 3 is 2.70 bits per heavy atom. The zero-order valence-electron chi connectivity index (χ0n) is 12.2. The van der Waals surface area contributed by atoms with E-state index >= 15 is 0 Å². The molecule has 0 fully saturated rings. The smallest absolute Gasteiger partial charge is 0.359 e. The van der Waals surface area contributed by atoms with Crippen LogP contribution >= 0.6 is 12.4 Å². The van der Waals surface area contributed by atoms with Crippen LogP contribution < -0.4 is 0 Å². The molecule has 0 N–H and O–H groups in total. The topological polar surface area (TPSA) is 47.4 Å². The Bertz CT molecular complexity index is 595. The predicted octanol–water partition coefficient (Wildman–Crippen LogP) is 2.10. The van der Waals surface area contributed by atoms with Crippen molar-refractivity contribution < 1.29 is 9.53 Å². The van der Waals surface area contributed by atoms with Gasteiger partial charge in [0.2, 0.25) is 0 Å². The minimum absolute atomic E-state index is 0. The highest BCUT2D eigenvalue weighted by atomic mass is 35.5. The molecular formula is C14H20ClN3O2. The number of carbonyl (C=O) groups is 1. The standard InChI is InChI=1S/C14H19N3O2.ClH/c1-10(9-16(2)3)19-14(18)13-11-7-5-6-8-12(11)17(4)15-13;/h5-8,10H,9H2,1-4H3;1H. The summed E-state index contributed by atoms with van der Waals surface area (Å²) >= 11 is 0. The molecule has 110 valence electrons. The Labute approximate surface area is 124 Å². The maximum atomic E-state index is 12.1. The van der Waals surface area contributed by atoms with Crippen LogP contribution in [0.1, 0.15) is 17.4 Å². The van der Waals surface area contributed by atoms with Crippen LogP contribution in [0.2, 0.25) is 0 Å². The molecule has 20 heavy (non-hydrogen) atoms. The summed E-state index contributed by atoms with van der Waals surface area (Å²) in [4.78, 5) is 14.1. The summed E-state index contributed by atoms with van der Waals surface area (Å²) in [5.74, 6) is -0.369. The summed E-state index contributed by atoms with van der Waals surface area (Å²) in [6.45, 7) is 2.57. The molecule has 0 spiro atoms. The van der Waals surface area contributed by atoms with E-state index in [1.807, 2.05) is 57.2 Å². The molecule has 1 aromatic heterocycles. The third kappa shape index (κ3) is 3.49. The van der Waals surface area contributed by atoms with Gasteiger partial charge in [-0.05, 0) is 27.1 Å². The normalized spacial score (nSPS) is 12.2. The molecule has 2 aromatic rings. The van der Waals surface area contributed by atoms with E-state index in [9.17, 15) is 4.79 Å². The number of fused-ring (bicyclic) bond motifs is 1. The predicted molar refractivity (Wildman–Crippen MR) is 81.4 cm³/mol. The molecule has 0 saturated heterocycles. The zero-order valence-corrected chi connectivity index (χ0v) is 13.0. The van der Waals surface area contributed by atoms with Crippen molar-refractivity contribution in [1.29, 1.82) is 0 Å². The number of likely N-dealkylation sites (N-methyl/N-ethyl adjacent to an activating group) is 1. The van der Waals surface area contributed by atoms with E-state index in [0.717, 1.165) is 10.9 Å². The molecule has 2 rings (SSSR count). The molecule has 0 aliphatic heterocycles. The van der Waals surface area contributed by atoms with Gasteiger partial charge in [0.1, 0.15) is 6.10 Å². The van der Waals surface area contributed by atoms with Crippen LogP contribution in [-0.2, 0) is 11.8 Å². The van der Waals surface area contributed by atoms with Crippen LogP contribution in [0, 0.1) is 0 Å². The van der Waals surface area contributed by atoms with Gasteiger partial charge >= 0.3 is 5.97 Å². The van der Waals surface area contributed by atoms with E-state index in [1.165, 1.54) is 0 Å². The number of esters is 1. The Balaban J connectivity index is 0.00000200. The van der Waals surface area contributed by atoms with E-state index < -0.39 is 0 Å². The molecule has 1 atom stereocenters. The molecule has 5 nitrogen and oxygen atoms in total. The van der Waals surface area contributed by atoms with Gasteiger partial charge < -0.3 is 9.64 Å². The van der Waals surface area contributed by atoms with E-state index in [4.69, 9.17) is 4.74 Å². The average Bonchev–Trinajstić information content (AvgIpc) is 2.66. The number of ether oxygens (including phenoxy) is 1. The van der Waals surface area contributed by atoms with E-state index in [1.54, 1.807) is 4.68 Å². The Kier molecular flexibility index (Phi) is 5.53. The van der Waals surface area contributed by atoms with Crippen molar-refractivity contribution in [2.45, 2.75) is 13.0 Å². The molecule has 6 heteroatoms. The van der Waals surface area contributed by atoms with Gasteiger partial charge in [-0.15, -0.1) is 12.4 Å². The number of aryl methyl sites for hydroxylation is 1. The summed E-state index contributed by atoms with van der Waals surface area (Å²) in [5, 5.41) is 5.08. The lowest BCUT2D eigenvalue weighted by Gasteiger charge is -2.16. The molecule has 1 unspecified atom stereocenters. The molecule has 0 saturated carbocycles. The van der Waals surface area contributed by atoms with Crippen LogP contribution in [-0.4, -0.2) is 47.4 Å². The molecular weight excluding hydrogens is 278 g/mol. The third-order valence-corrected chi connectivity index (χ3v) is 2.88. The van der Waals surface area contributed by atoms with Crippen LogP contribution in [0.3, 0.4) is 0 Å². The maximum absolute atomic E-state index is 12.1. The third-order valence-electron chi connectivity index (χ3n) is 2.88. The lowest BCUT2D eigenvalue weighted by atomic mass is 10.2. The van der Waals surface area contributed by atoms with Gasteiger partial charge in [0.25, 0.3) is 0 Å². The highest BCUT2D eigenvalue weighted by molar-refractivity contribution is 6.02. The SMILES string of the molecule is CC(CN(C)C)OC(=O)c1nn(C)c2ccccc12.Cl. The second-order valence-corrected chi connectivity index (χ2v) is 4.97. The van der Waals surface area contributed by atoms with Gasteiger partial charge in [-0.2, -0.15) is 5.10 Å². The van der Waals surface area contributed by atoms with Crippen LogP contribution in [0.5, 0.6) is 0 Å². The first-order valence-electron chi connectivity index (χ1n) is 6.26. The monoisotopic (exact) mass is 297 g/mol. The van der Waals surface area contributed by atoms with Gasteiger partial charge in [-0.3, -0.25) is 4.68 Å². The largest absolute Gasteiger partial charge is 0.457 e. The molecule has 0 aliphatic carbocycles. The zero-order chi connectivity index (χ0) is 14.0. The quantitative estimate of drug-likeness (QED) is 0.811. The van der Waals surface area contributed by atoms with Gasteiger partial charge in [-0.25, -0.2) is 4.79 Å². The average molecular weight is 298 g/mol. The summed E-state index contributed by atoms with van der Waals surface area (Å²) < 4.78 is 7.11. The highest BCUT2D eigenvalue weighted by Gasteiger charge is 2.19. The summed E-state index contributed by atoms with van der Waals surface area (Å²) in [6.07, 6.45) is -0.164. The first-order valence-corrected chi connectivity index (χ1v) is 6.26. The second kappa shape index (κ2) is 6.72. The number of carbonyl (C=O) groups excluding carboxylic acids is 1. The van der Waals surface area contributed by atoms with Crippen molar-refractivity contribution in [1.82, 2.24) is 14.7 Å². The van der Waals surface area contributed by atoms with Crippen molar-refractivity contribution in [3.63, 3.8) is 0 Å². The minimum Gasteiger partial charge on any atom is -0.457 e. The Morgan fingerprint density at radius 2 is 2.05 bits per heavy atom. The first kappa shape index (κ1) is 16.5. The highest BCUT2D eigenvalue weighted by Crippen LogP contribution is 2.18. The van der Waals surface area contributed by atoms with Crippen molar-refractivity contribution in [3.05, 3.63) is 30.0 Å². The van der Waals surface area contributed by atoms with Gasteiger partial charge in [0.05, 0.1) is 5.52 Å². The fraction of sp³-hybridized carbons (Fsp3) is 0.429. The van der Waals surface area contributed by atoms with Gasteiger partial charge in [-0.1, -0.05) is 18.2 Å². The number of nitrogens with zero attached hydrogens (tertiary/aromatic N) is 3. The van der Waals surface area contributed by atoms with E-state index in [2.05, 4.69) is 5.10 Å². The van der Waals surface area contributed by atoms with Crippen molar-refractivity contribution in [3.8, 4) is 0 Å². The van der Waals surface area contributed by atoms with Crippen LogP contribution in [0.15, 0.2) is 24.3 Å². The van der Waals surface area contributed by atoms with Crippen LogP contribution in [0.4, 0.5) is 0 Å². The number of halogens is 1. The number of para-hydroxylation sites is 1. The molecule has 1 aromatic carbocycles. The summed E-state index contributed by atoms with van der Waals surface area (Å²) in [6, 6.07) is 7.63. The van der Waals surface area contributed by atoms with Gasteiger partial charge in [0, 0.05) is 19.0 Å². The second-order valence-electron chi connectivity index (χ2n) is 4.97. The number of rotatable bonds is 4. The molecule has 1 heterocycles. The molecule has 0 aliphatic rings. The lowest BCUT2D eigenvalue weighted by molar-refractivity contribution is 0.0283. The number of hydrogen-bond acceptors (Lipinski definition) is 4. The van der Waals surface area contributed by atoms with Crippen LogP contribution in [0.25, 0.3) is 10.9 Å². The lowest BCUT2D eigenvalue weighted by Crippen LogP contribution is -2.28. The van der Waals surface area contributed by atoms with Gasteiger partial charge in [0.15, 0.2) is 5.69 Å².